The first-order valence-corrected chi connectivity index (χ1v) is 5.06. The van der Waals surface area contributed by atoms with Gasteiger partial charge in [0.1, 0.15) is 11.5 Å². The second-order valence-corrected chi connectivity index (χ2v) is 3.96. The molecule has 15 heavy (non-hydrogen) atoms. The van der Waals surface area contributed by atoms with Gasteiger partial charge in [0.2, 0.25) is 5.88 Å². The largest absolute Gasteiger partial charge is 0.368 e. The molecule has 2 rings (SSSR count). The summed E-state index contributed by atoms with van der Waals surface area (Å²) in [5.74, 6) is -0.127. The quantitative estimate of drug-likeness (QED) is 0.866. The van der Waals surface area contributed by atoms with Gasteiger partial charge in [0, 0.05) is 11.6 Å². The van der Waals surface area contributed by atoms with Crippen LogP contribution in [0, 0.1) is 12.7 Å². The van der Waals surface area contributed by atoms with Crippen LogP contribution < -0.4 is 5.73 Å². The van der Waals surface area contributed by atoms with Crippen LogP contribution in [0.1, 0.15) is 5.56 Å². The predicted molar refractivity (Wildman–Crippen MR) is 58.7 cm³/mol. The number of benzene rings is 1. The Morgan fingerprint density at radius 2 is 2.20 bits per heavy atom. The third kappa shape index (κ3) is 1.74. The SMILES string of the molecule is Cc1ccc(F)c(Br)c1-c1cc(N)on1. The first-order valence-electron chi connectivity index (χ1n) is 4.26. The summed E-state index contributed by atoms with van der Waals surface area (Å²) in [7, 11) is 0. The maximum absolute atomic E-state index is 13.3. The predicted octanol–water partition coefficient (Wildman–Crippen LogP) is 3.13. The molecule has 0 unspecified atom stereocenters. The maximum Gasteiger partial charge on any atom is 0.222 e. The Bertz CT molecular complexity index is 510. The molecule has 0 atom stereocenters. The topological polar surface area (TPSA) is 52.0 Å². The monoisotopic (exact) mass is 270 g/mol. The molecule has 1 heterocycles. The van der Waals surface area contributed by atoms with Gasteiger partial charge in [-0.25, -0.2) is 4.39 Å². The fraction of sp³-hybridized carbons (Fsp3) is 0.100. The first-order chi connectivity index (χ1) is 7.09. The van der Waals surface area contributed by atoms with Crippen LogP contribution in [0.3, 0.4) is 0 Å². The molecule has 0 aliphatic rings. The number of rotatable bonds is 1. The third-order valence-electron chi connectivity index (χ3n) is 2.09. The molecular weight excluding hydrogens is 263 g/mol. The first kappa shape index (κ1) is 10.2. The van der Waals surface area contributed by atoms with Crippen LogP contribution in [-0.4, -0.2) is 5.16 Å². The maximum atomic E-state index is 13.3. The number of hydrogen-bond donors (Lipinski definition) is 1. The molecule has 0 radical (unpaired) electrons. The number of aromatic nitrogens is 1. The number of nitrogen functional groups attached to an aromatic ring is 1. The molecule has 3 nitrogen and oxygen atoms in total. The lowest BCUT2D eigenvalue weighted by Crippen LogP contribution is -1.88. The molecular formula is C10H8BrFN2O. The zero-order valence-electron chi connectivity index (χ0n) is 7.92. The fourth-order valence-corrected chi connectivity index (χ4v) is 2.02. The van der Waals surface area contributed by atoms with Crippen molar-refractivity contribution < 1.29 is 8.91 Å². The molecule has 1 aromatic heterocycles. The summed E-state index contributed by atoms with van der Waals surface area (Å²) in [6, 6.07) is 4.64. The van der Waals surface area contributed by atoms with Gasteiger partial charge in [0.15, 0.2) is 0 Å². The van der Waals surface area contributed by atoms with E-state index in [-0.39, 0.29) is 11.7 Å². The third-order valence-corrected chi connectivity index (χ3v) is 2.86. The van der Waals surface area contributed by atoms with Gasteiger partial charge < -0.3 is 10.3 Å². The summed E-state index contributed by atoms with van der Waals surface area (Å²) in [6.45, 7) is 1.87. The Kier molecular flexibility index (Phi) is 2.48. The molecule has 5 heteroatoms. The molecule has 78 valence electrons. The molecule has 1 aromatic carbocycles. The van der Waals surface area contributed by atoms with Crippen molar-refractivity contribution in [2.45, 2.75) is 6.92 Å². The van der Waals surface area contributed by atoms with Crippen molar-refractivity contribution >= 4 is 21.8 Å². The molecule has 0 spiro atoms. The van der Waals surface area contributed by atoms with Crippen molar-refractivity contribution in [3.63, 3.8) is 0 Å². The van der Waals surface area contributed by atoms with Gasteiger partial charge in [-0.2, -0.15) is 0 Å². The van der Waals surface area contributed by atoms with E-state index in [0.29, 0.717) is 15.7 Å². The average molecular weight is 271 g/mol. The average Bonchev–Trinajstić information content (AvgIpc) is 2.59. The standard InChI is InChI=1S/C10H8BrFN2O/c1-5-2-3-6(12)10(11)9(5)7-4-8(13)15-14-7/h2-4H,13H2,1H3. The Balaban J connectivity index is 2.66. The molecule has 0 amide bonds. The summed E-state index contributed by atoms with van der Waals surface area (Å²) in [5.41, 5.74) is 7.50. The van der Waals surface area contributed by atoms with Crippen LogP contribution in [0.2, 0.25) is 0 Å². The van der Waals surface area contributed by atoms with Gasteiger partial charge in [-0.15, -0.1) is 0 Å². The van der Waals surface area contributed by atoms with Gasteiger partial charge in [-0.3, -0.25) is 0 Å². The Hall–Kier alpha value is -1.36. The zero-order chi connectivity index (χ0) is 11.0. The second kappa shape index (κ2) is 3.66. The van der Waals surface area contributed by atoms with Crippen molar-refractivity contribution in [2.24, 2.45) is 0 Å². The van der Waals surface area contributed by atoms with Crippen molar-refractivity contribution in [3.05, 3.63) is 34.1 Å². The van der Waals surface area contributed by atoms with Gasteiger partial charge in [-0.1, -0.05) is 11.2 Å². The normalized spacial score (nSPS) is 10.6. The summed E-state index contributed by atoms with van der Waals surface area (Å²) < 4.78 is 18.4. The van der Waals surface area contributed by atoms with E-state index in [2.05, 4.69) is 21.1 Å². The smallest absolute Gasteiger partial charge is 0.222 e. The Morgan fingerprint density at radius 3 is 2.80 bits per heavy atom. The number of aryl methyl sites for hydroxylation is 1. The van der Waals surface area contributed by atoms with Crippen molar-refractivity contribution in [1.29, 1.82) is 0 Å². The number of nitrogens with two attached hydrogens (primary N) is 1. The molecule has 2 N–H and O–H groups in total. The van der Waals surface area contributed by atoms with E-state index in [1.54, 1.807) is 12.1 Å². The second-order valence-electron chi connectivity index (χ2n) is 3.17. The van der Waals surface area contributed by atoms with Crippen LogP contribution in [0.5, 0.6) is 0 Å². The highest BCUT2D eigenvalue weighted by Gasteiger charge is 2.14. The highest BCUT2D eigenvalue weighted by molar-refractivity contribution is 9.10. The van der Waals surface area contributed by atoms with Crippen LogP contribution in [0.4, 0.5) is 10.3 Å². The zero-order valence-corrected chi connectivity index (χ0v) is 9.51. The lowest BCUT2D eigenvalue weighted by molar-refractivity contribution is 0.439. The highest BCUT2D eigenvalue weighted by Crippen LogP contribution is 2.33. The molecule has 0 saturated carbocycles. The van der Waals surface area contributed by atoms with E-state index in [1.165, 1.54) is 6.07 Å². The van der Waals surface area contributed by atoms with Gasteiger partial charge in [0.25, 0.3) is 0 Å². The van der Waals surface area contributed by atoms with Crippen molar-refractivity contribution in [3.8, 4) is 11.3 Å². The van der Waals surface area contributed by atoms with Gasteiger partial charge in [-0.05, 0) is 34.5 Å². The van der Waals surface area contributed by atoms with E-state index in [1.807, 2.05) is 6.92 Å². The van der Waals surface area contributed by atoms with Crippen LogP contribution in [-0.2, 0) is 0 Å². The minimum absolute atomic E-state index is 0.209. The van der Waals surface area contributed by atoms with Crippen LogP contribution in [0.15, 0.2) is 27.2 Å². The summed E-state index contributed by atoms with van der Waals surface area (Å²) in [6.07, 6.45) is 0. The minimum Gasteiger partial charge on any atom is -0.368 e. The molecule has 0 aliphatic heterocycles. The summed E-state index contributed by atoms with van der Waals surface area (Å²) in [4.78, 5) is 0. The van der Waals surface area contributed by atoms with E-state index in [0.717, 1.165) is 5.56 Å². The van der Waals surface area contributed by atoms with Gasteiger partial charge >= 0.3 is 0 Å². The minimum atomic E-state index is -0.336. The number of halogens is 2. The van der Waals surface area contributed by atoms with E-state index in [9.17, 15) is 4.39 Å². The lowest BCUT2D eigenvalue weighted by atomic mass is 10.1. The molecule has 2 aromatic rings. The van der Waals surface area contributed by atoms with Crippen LogP contribution >= 0.6 is 15.9 Å². The molecule has 0 bridgehead atoms. The van der Waals surface area contributed by atoms with Crippen LogP contribution in [0.25, 0.3) is 11.3 Å². The molecule has 0 aliphatic carbocycles. The fourth-order valence-electron chi connectivity index (χ4n) is 1.37. The van der Waals surface area contributed by atoms with Crippen molar-refractivity contribution in [1.82, 2.24) is 5.16 Å². The van der Waals surface area contributed by atoms with E-state index in [4.69, 9.17) is 10.3 Å². The van der Waals surface area contributed by atoms with E-state index < -0.39 is 0 Å². The number of nitrogens with zero attached hydrogens (tertiary/aromatic N) is 1. The Labute approximate surface area is 94.2 Å². The number of hydrogen-bond acceptors (Lipinski definition) is 3. The summed E-state index contributed by atoms with van der Waals surface area (Å²) in [5, 5.41) is 3.75. The highest BCUT2D eigenvalue weighted by atomic mass is 79.9. The van der Waals surface area contributed by atoms with Gasteiger partial charge in [0.05, 0.1) is 4.47 Å². The number of anilines is 1. The lowest BCUT2D eigenvalue weighted by Gasteiger charge is -2.05. The molecule has 0 saturated heterocycles. The van der Waals surface area contributed by atoms with E-state index >= 15 is 0 Å². The summed E-state index contributed by atoms with van der Waals surface area (Å²) >= 11 is 3.18. The molecule has 0 fully saturated rings. The van der Waals surface area contributed by atoms with Crippen molar-refractivity contribution in [2.75, 3.05) is 5.73 Å². The Morgan fingerprint density at radius 1 is 1.47 bits per heavy atom.